The summed E-state index contributed by atoms with van der Waals surface area (Å²) >= 11 is 0. The molecule has 7 heteroatoms. The van der Waals surface area contributed by atoms with Crippen LogP contribution in [0.25, 0.3) is 0 Å². The van der Waals surface area contributed by atoms with Crippen LogP contribution in [0.2, 0.25) is 0 Å². The first-order valence-corrected chi connectivity index (χ1v) is 6.47. The van der Waals surface area contributed by atoms with E-state index in [4.69, 9.17) is 10.2 Å². The van der Waals surface area contributed by atoms with Crippen LogP contribution in [0.5, 0.6) is 0 Å². The van der Waals surface area contributed by atoms with Gasteiger partial charge in [0.25, 0.3) is 0 Å². The molecule has 0 aliphatic heterocycles. The predicted octanol–water partition coefficient (Wildman–Crippen LogP) is 0.888. The number of carboxylic acid groups (broad SMARTS) is 2. The summed E-state index contributed by atoms with van der Waals surface area (Å²) in [5.41, 5.74) is 0. The first kappa shape index (κ1) is 15.3. The fourth-order valence-electron chi connectivity index (χ4n) is 2.39. The van der Waals surface area contributed by atoms with Gasteiger partial charge in [-0.2, -0.15) is 0 Å². The van der Waals surface area contributed by atoms with Crippen LogP contribution in [0.15, 0.2) is 0 Å². The van der Waals surface area contributed by atoms with Crippen molar-refractivity contribution in [2.24, 2.45) is 0 Å². The maximum absolute atomic E-state index is 12.0. The fraction of sp³-hybridized carbons (Fsp3) is 0.750. The maximum atomic E-state index is 12.0. The number of carboxylic acids is 2. The molecule has 7 nitrogen and oxygen atoms in total. The zero-order valence-electron chi connectivity index (χ0n) is 11.0. The van der Waals surface area contributed by atoms with E-state index >= 15 is 0 Å². The standard InChI is InChI=1S/C12H20N2O5/c1-2-14(8-5-3-4-6-8)12(19)13-9(11(17)18)7-10(15)16/h8-9H,2-7H2,1H3,(H,13,19)(H,15,16)(H,17,18)/t9-/m1/s1. The molecule has 1 aliphatic carbocycles. The number of rotatable bonds is 6. The van der Waals surface area contributed by atoms with Crippen LogP contribution >= 0.6 is 0 Å². The number of carbonyl (C=O) groups excluding carboxylic acids is 1. The summed E-state index contributed by atoms with van der Waals surface area (Å²) in [5.74, 6) is -2.59. The largest absolute Gasteiger partial charge is 0.481 e. The minimum atomic E-state index is -1.39. The van der Waals surface area contributed by atoms with Gasteiger partial charge in [-0.25, -0.2) is 9.59 Å². The van der Waals surface area contributed by atoms with Gasteiger partial charge in [0.2, 0.25) is 0 Å². The second-order valence-corrected chi connectivity index (χ2v) is 4.66. The first-order valence-electron chi connectivity index (χ1n) is 6.47. The Morgan fingerprint density at radius 3 is 2.26 bits per heavy atom. The highest BCUT2D eigenvalue weighted by molar-refractivity contribution is 5.86. The third kappa shape index (κ3) is 4.42. The van der Waals surface area contributed by atoms with E-state index in [-0.39, 0.29) is 6.04 Å². The Morgan fingerprint density at radius 2 is 1.84 bits per heavy atom. The summed E-state index contributed by atoms with van der Waals surface area (Å²) < 4.78 is 0. The smallest absolute Gasteiger partial charge is 0.326 e. The Balaban J connectivity index is 2.63. The monoisotopic (exact) mass is 272 g/mol. The van der Waals surface area contributed by atoms with Crippen LogP contribution in [0.3, 0.4) is 0 Å². The molecule has 1 rings (SSSR count). The molecular weight excluding hydrogens is 252 g/mol. The molecule has 0 aromatic rings. The van der Waals surface area contributed by atoms with Crippen LogP contribution < -0.4 is 5.32 Å². The van der Waals surface area contributed by atoms with Crippen molar-refractivity contribution in [3.63, 3.8) is 0 Å². The number of carbonyl (C=O) groups is 3. The number of nitrogens with zero attached hydrogens (tertiary/aromatic N) is 1. The minimum absolute atomic E-state index is 0.129. The molecule has 0 radical (unpaired) electrons. The molecule has 3 N–H and O–H groups in total. The molecule has 0 heterocycles. The highest BCUT2D eigenvalue weighted by Crippen LogP contribution is 2.23. The quantitative estimate of drug-likeness (QED) is 0.665. The number of amides is 2. The Labute approximate surface area is 111 Å². The lowest BCUT2D eigenvalue weighted by molar-refractivity contribution is -0.145. The van der Waals surface area contributed by atoms with Crippen molar-refractivity contribution in [2.75, 3.05) is 6.54 Å². The third-order valence-corrected chi connectivity index (χ3v) is 3.34. The second-order valence-electron chi connectivity index (χ2n) is 4.66. The lowest BCUT2D eigenvalue weighted by atomic mass is 10.2. The van der Waals surface area contributed by atoms with Gasteiger partial charge >= 0.3 is 18.0 Å². The van der Waals surface area contributed by atoms with Crippen molar-refractivity contribution in [3.8, 4) is 0 Å². The van der Waals surface area contributed by atoms with Gasteiger partial charge in [0.1, 0.15) is 6.04 Å². The average Bonchev–Trinajstić information content (AvgIpc) is 2.82. The van der Waals surface area contributed by atoms with Crippen LogP contribution in [0.4, 0.5) is 4.79 Å². The molecule has 1 atom stereocenters. The molecule has 1 fully saturated rings. The van der Waals surface area contributed by atoms with Gasteiger partial charge in [-0.1, -0.05) is 12.8 Å². The van der Waals surface area contributed by atoms with E-state index in [1.165, 1.54) is 0 Å². The molecule has 1 saturated carbocycles. The SMILES string of the molecule is CCN(C(=O)N[C@H](CC(=O)O)C(=O)O)C1CCCC1. The molecule has 0 unspecified atom stereocenters. The summed E-state index contributed by atoms with van der Waals surface area (Å²) in [6.07, 6.45) is 3.33. The van der Waals surface area contributed by atoms with Gasteiger partial charge in [0, 0.05) is 12.6 Å². The molecule has 0 aromatic heterocycles. The molecule has 0 bridgehead atoms. The molecule has 19 heavy (non-hydrogen) atoms. The summed E-state index contributed by atoms with van der Waals surface area (Å²) in [6, 6.07) is -1.76. The Bertz CT molecular complexity index is 352. The van der Waals surface area contributed by atoms with Crippen LogP contribution in [-0.2, 0) is 9.59 Å². The molecule has 0 spiro atoms. The second kappa shape index (κ2) is 6.96. The maximum Gasteiger partial charge on any atom is 0.326 e. The molecule has 1 aliphatic rings. The average molecular weight is 272 g/mol. The van der Waals surface area contributed by atoms with Crippen molar-refractivity contribution < 1.29 is 24.6 Å². The molecular formula is C12H20N2O5. The molecule has 108 valence electrons. The van der Waals surface area contributed by atoms with E-state index in [9.17, 15) is 14.4 Å². The Hall–Kier alpha value is -1.79. The van der Waals surface area contributed by atoms with Crippen molar-refractivity contribution in [1.82, 2.24) is 10.2 Å². The highest BCUT2D eigenvalue weighted by Gasteiger charge is 2.29. The number of nitrogens with one attached hydrogen (secondary N) is 1. The van der Waals surface area contributed by atoms with Gasteiger partial charge < -0.3 is 20.4 Å². The molecule has 0 saturated heterocycles. The zero-order valence-corrected chi connectivity index (χ0v) is 11.0. The van der Waals surface area contributed by atoms with Gasteiger partial charge in [-0.15, -0.1) is 0 Å². The van der Waals surface area contributed by atoms with Gasteiger partial charge in [0.05, 0.1) is 6.42 Å². The van der Waals surface area contributed by atoms with Gasteiger partial charge in [0.15, 0.2) is 0 Å². The molecule has 0 aromatic carbocycles. The van der Waals surface area contributed by atoms with E-state index in [2.05, 4.69) is 5.32 Å². The highest BCUT2D eigenvalue weighted by atomic mass is 16.4. The predicted molar refractivity (Wildman–Crippen MR) is 66.8 cm³/mol. The van der Waals surface area contributed by atoms with Crippen molar-refractivity contribution in [1.29, 1.82) is 0 Å². The zero-order chi connectivity index (χ0) is 14.4. The normalized spacial score (nSPS) is 16.9. The minimum Gasteiger partial charge on any atom is -0.481 e. The Morgan fingerprint density at radius 1 is 1.26 bits per heavy atom. The third-order valence-electron chi connectivity index (χ3n) is 3.34. The van der Waals surface area contributed by atoms with Crippen molar-refractivity contribution >= 4 is 18.0 Å². The van der Waals surface area contributed by atoms with E-state index in [0.717, 1.165) is 25.7 Å². The Kier molecular flexibility index (Phi) is 5.59. The van der Waals surface area contributed by atoms with Crippen molar-refractivity contribution in [3.05, 3.63) is 0 Å². The van der Waals surface area contributed by atoms with Crippen molar-refractivity contribution in [2.45, 2.75) is 51.1 Å². The van der Waals surface area contributed by atoms with Crippen LogP contribution in [0.1, 0.15) is 39.0 Å². The lowest BCUT2D eigenvalue weighted by Gasteiger charge is -2.29. The van der Waals surface area contributed by atoms with E-state index in [1.54, 1.807) is 4.90 Å². The summed E-state index contributed by atoms with van der Waals surface area (Å²) in [6.45, 7) is 2.31. The number of hydrogen-bond acceptors (Lipinski definition) is 3. The fourth-order valence-corrected chi connectivity index (χ4v) is 2.39. The van der Waals surface area contributed by atoms with E-state index in [0.29, 0.717) is 6.54 Å². The summed E-state index contributed by atoms with van der Waals surface area (Å²) in [7, 11) is 0. The first-order chi connectivity index (χ1) is 8.95. The van der Waals surface area contributed by atoms with E-state index < -0.39 is 30.4 Å². The number of hydrogen-bond donors (Lipinski definition) is 3. The van der Waals surface area contributed by atoms with E-state index in [1.807, 2.05) is 6.92 Å². The van der Waals surface area contributed by atoms with Gasteiger partial charge in [-0.3, -0.25) is 4.79 Å². The van der Waals surface area contributed by atoms with Gasteiger partial charge in [-0.05, 0) is 19.8 Å². The number of aliphatic carboxylic acids is 2. The summed E-state index contributed by atoms with van der Waals surface area (Å²) in [5, 5.41) is 19.8. The lowest BCUT2D eigenvalue weighted by Crippen LogP contribution is -2.51. The number of urea groups is 1. The van der Waals surface area contributed by atoms with Crippen LogP contribution in [-0.4, -0.2) is 51.7 Å². The topological polar surface area (TPSA) is 107 Å². The summed E-state index contributed by atoms with van der Waals surface area (Å²) in [4.78, 5) is 35.1. The van der Waals surface area contributed by atoms with Crippen LogP contribution in [0, 0.1) is 0 Å². The molecule has 2 amide bonds.